The lowest BCUT2D eigenvalue weighted by Gasteiger charge is -2.30. The third-order valence-corrected chi connectivity index (χ3v) is 3.86. The van der Waals surface area contributed by atoms with Gasteiger partial charge in [0.2, 0.25) is 4.93 Å². The molecule has 0 bridgehead atoms. The Balaban J connectivity index is 2.31. The van der Waals surface area contributed by atoms with E-state index in [1.165, 1.54) is 0 Å². The Morgan fingerprint density at radius 3 is 2.39 bits per heavy atom. The highest BCUT2D eigenvalue weighted by Crippen LogP contribution is 2.37. The quantitative estimate of drug-likeness (QED) is 0.821. The fourth-order valence-electron chi connectivity index (χ4n) is 1.65. The van der Waals surface area contributed by atoms with Gasteiger partial charge in [-0.3, -0.25) is 4.79 Å². The van der Waals surface area contributed by atoms with E-state index in [4.69, 9.17) is 0 Å². The average molecular weight is 277 g/mol. The molecule has 0 aliphatic carbocycles. The number of hydrogen-bond acceptors (Lipinski definition) is 3. The number of halogens is 3. The van der Waals surface area contributed by atoms with Crippen molar-refractivity contribution in [3.63, 3.8) is 0 Å². The molecule has 1 aliphatic heterocycles. The Morgan fingerprint density at radius 1 is 1.28 bits per heavy atom. The van der Waals surface area contributed by atoms with E-state index in [9.17, 15) is 23.1 Å². The van der Waals surface area contributed by atoms with Crippen LogP contribution in [0.4, 0.5) is 13.2 Å². The third-order valence-electron chi connectivity index (χ3n) is 2.61. The summed E-state index contributed by atoms with van der Waals surface area (Å²) in [4.78, 5) is 9.79. The van der Waals surface area contributed by atoms with Gasteiger partial charge < -0.3 is 10.4 Å². The molecule has 0 aromatic heterocycles. The first kappa shape index (κ1) is 13.2. The molecular formula is C11H10F3NO2S. The van der Waals surface area contributed by atoms with Gasteiger partial charge in [0.15, 0.2) is 0 Å². The Morgan fingerprint density at radius 2 is 1.89 bits per heavy atom. The van der Waals surface area contributed by atoms with Crippen LogP contribution in [0.2, 0.25) is 0 Å². The third kappa shape index (κ3) is 2.32. The highest BCUT2D eigenvalue weighted by molar-refractivity contribution is 8.00. The fourth-order valence-corrected chi connectivity index (χ4v) is 2.65. The number of alkyl halides is 3. The van der Waals surface area contributed by atoms with Crippen LogP contribution in [-0.4, -0.2) is 23.3 Å². The predicted octanol–water partition coefficient (Wildman–Crippen LogP) is 1.71. The minimum Gasteiger partial charge on any atom is -0.367 e. The number of hydrogen-bond donors (Lipinski definition) is 2. The SMILES string of the molecule is O=C1NCCSC1(O)c1ccc(C(F)(F)F)cc1. The average Bonchev–Trinajstić information content (AvgIpc) is 2.32. The van der Waals surface area contributed by atoms with E-state index in [0.717, 1.165) is 36.0 Å². The van der Waals surface area contributed by atoms with E-state index in [1.54, 1.807) is 0 Å². The minimum atomic E-state index is -4.43. The van der Waals surface area contributed by atoms with Crippen LogP contribution < -0.4 is 5.32 Å². The van der Waals surface area contributed by atoms with Crippen LogP contribution in [-0.2, 0) is 15.9 Å². The minimum absolute atomic E-state index is 0.151. The van der Waals surface area contributed by atoms with Crippen molar-refractivity contribution in [1.82, 2.24) is 5.32 Å². The molecule has 1 aromatic rings. The first-order chi connectivity index (χ1) is 8.34. The standard InChI is InChI=1S/C11H10F3NO2S/c12-11(13,14)8-3-1-7(2-4-8)10(17)9(16)15-5-6-18-10/h1-4,17H,5-6H2,(H,15,16). The second-order valence-electron chi connectivity index (χ2n) is 3.82. The Labute approximate surface area is 105 Å². The molecule has 1 aliphatic rings. The zero-order valence-electron chi connectivity index (χ0n) is 9.12. The maximum atomic E-state index is 12.4. The lowest BCUT2D eigenvalue weighted by molar-refractivity contribution is -0.137. The van der Waals surface area contributed by atoms with Crippen molar-refractivity contribution >= 4 is 17.7 Å². The van der Waals surface area contributed by atoms with E-state index in [0.29, 0.717) is 12.3 Å². The number of nitrogens with one attached hydrogen (secondary N) is 1. The van der Waals surface area contributed by atoms with E-state index in [-0.39, 0.29) is 5.56 Å². The van der Waals surface area contributed by atoms with E-state index in [2.05, 4.69) is 5.32 Å². The summed E-state index contributed by atoms with van der Waals surface area (Å²) in [6.07, 6.45) is -4.43. The lowest BCUT2D eigenvalue weighted by Crippen LogP contribution is -2.47. The molecule has 2 N–H and O–H groups in total. The first-order valence-electron chi connectivity index (χ1n) is 5.16. The van der Waals surface area contributed by atoms with Crippen molar-refractivity contribution in [3.05, 3.63) is 35.4 Å². The number of carbonyl (C=O) groups is 1. The molecule has 1 atom stereocenters. The number of aliphatic hydroxyl groups is 1. The van der Waals surface area contributed by atoms with Crippen molar-refractivity contribution < 1.29 is 23.1 Å². The van der Waals surface area contributed by atoms with Gasteiger partial charge in [-0.2, -0.15) is 13.2 Å². The molecule has 0 spiro atoms. The molecule has 1 saturated heterocycles. The monoisotopic (exact) mass is 277 g/mol. The molecule has 0 saturated carbocycles. The van der Waals surface area contributed by atoms with E-state index >= 15 is 0 Å². The summed E-state index contributed by atoms with van der Waals surface area (Å²) < 4.78 is 37.2. The van der Waals surface area contributed by atoms with Gasteiger partial charge in [-0.05, 0) is 12.1 Å². The molecule has 0 radical (unpaired) electrons. The molecule has 7 heteroatoms. The van der Waals surface area contributed by atoms with Gasteiger partial charge in [-0.25, -0.2) is 0 Å². The van der Waals surface area contributed by atoms with Gasteiger partial charge in [-0.1, -0.05) is 12.1 Å². The highest BCUT2D eigenvalue weighted by Gasteiger charge is 2.41. The van der Waals surface area contributed by atoms with Gasteiger partial charge in [0.25, 0.3) is 5.91 Å². The molecule has 1 aromatic carbocycles. The van der Waals surface area contributed by atoms with Crippen LogP contribution in [0, 0.1) is 0 Å². The largest absolute Gasteiger partial charge is 0.416 e. The number of benzene rings is 1. The van der Waals surface area contributed by atoms with Crippen LogP contribution in [0.1, 0.15) is 11.1 Å². The number of carbonyl (C=O) groups excluding carboxylic acids is 1. The second-order valence-corrected chi connectivity index (χ2v) is 5.11. The van der Waals surface area contributed by atoms with Crippen LogP contribution >= 0.6 is 11.8 Å². The molecule has 98 valence electrons. The van der Waals surface area contributed by atoms with Crippen molar-refractivity contribution in [2.24, 2.45) is 0 Å². The summed E-state index contributed by atoms with van der Waals surface area (Å²) in [7, 11) is 0. The number of thioether (sulfide) groups is 1. The summed E-state index contributed by atoms with van der Waals surface area (Å²) in [6, 6.07) is 3.97. The molecule has 2 rings (SSSR count). The van der Waals surface area contributed by atoms with Gasteiger partial charge in [0.1, 0.15) is 0 Å². The summed E-state index contributed by atoms with van der Waals surface area (Å²) in [6.45, 7) is 0.437. The van der Waals surface area contributed by atoms with Crippen LogP contribution in [0.15, 0.2) is 24.3 Å². The van der Waals surface area contributed by atoms with Crippen molar-refractivity contribution in [2.75, 3.05) is 12.3 Å². The van der Waals surface area contributed by atoms with Crippen LogP contribution in [0.5, 0.6) is 0 Å². The van der Waals surface area contributed by atoms with E-state index in [1.807, 2.05) is 0 Å². The maximum Gasteiger partial charge on any atom is 0.416 e. The molecule has 1 unspecified atom stereocenters. The highest BCUT2D eigenvalue weighted by atomic mass is 32.2. The molecular weight excluding hydrogens is 267 g/mol. The zero-order chi connectivity index (χ0) is 13.4. The van der Waals surface area contributed by atoms with Crippen molar-refractivity contribution in [2.45, 2.75) is 11.1 Å². The van der Waals surface area contributed by atoms with Gasteiger partial charge in [0.05, 0.1) is 5.56 Å². The summed E-state index contributed by atoms with van der Waals surface area (Å²) in [5.41, 5.74) is -0.659. The molecule has 18 heavy (non-hydrogen) atoms. The zero-order valence-corrected chi connectivity index (χ0v) is 9.94. The first-order valence-corrected chi connectivity index (χ1v) is 6.15. The fraction of sp³-hybridized carbons (Fsp3) is 0.364. The summed E-state index contributed by atoms with van der Waals surface area (Å²) in [5, 5.41) is 12.7. The Bertz CT molecular complexity index is 460. The topological polar surface area (TPSA) is 49.3 Å². The molecule has 3 nitrogen and oxygen atoms in total. The normalized spacial score (nSPS) is 24.8. The molecule has 1 fully saturated rings. The van der Waals surface area contributed by atoms with Crippen molar-refractivity contribution in [3.8, 4) is 0 Å². The predicted molar refractivity (Wildman–Crippen MR) is 60.8 cm³/mol. The van der Waals surface area contributed by atoms with Crippen LogP contribution in [0.3, 0.4) is 0 Å². The van der Waals surface area contributed by atoms with Crippen molar-refractivity contribution in [1.29, 1.82) is 0 Å². The van der Waals surface area contributed by atoms with Gasteiger partial charge in [0, 0.05) is 17.9 Å². The molecule has 1 amide bonds. The summed E-state index contributed by atoms with van der Waals surface area (Å²) >= 11 is 1.00. The second kappa shape index (κ2) is 4.47. The molecule has 1 heterocycles. The number of amides is 1. The Kier molecular flexibility index (Phi) is 3.29. The Hall–Kier alpha value is -1.21. The van der Waals surface area contributed by atoms with E-state index < -0.39 is 22.6 Å². The lowest BCUT2D eigenvalue weighted by atomic mass is 10.1. The van der Waals surface area contributed by atoms with Gasteiger partial charge >= 0.3 is 6.18 Å². The number of rotatable bonds is 1. The van der Waals surface area contributed by atoms with Crippen LogP contribution in [0.25, 0.3) is 0 Å². The van der Waals surface area contributed by atoms with Gasteiger partial charge in [-0.15, -0.1) is 11.8 Å². The smallest absolute Gasteiger partial charge is 0.367 e. The summed E-state index contributed by atoms with van der Waals surface area (Å²) in [5.74, 6) is -0.0954. The maximum absolute atomic E-state index is 12.4.